The molecule has 43 heavy (non-hydrogen) atoms. The number of nitrogens with zero attached hydrogens (tertiary/aromatic N) is 1. The molecule has 1 aromatic carbocycles. The van der Waals surface area contributed by atoms with Crippen molar-refractivity contribution in [3.8, 4) is 5.75 Å². The Morgan fingerprint density at radius 2 is 1.21 bits per heavy atom. The predicted octanol–water partition coefficient (Wildman–Crippen LogP) is 10.9. The Kier molecular flexibility index (Phi) is 23.1. The van der Waals surface area contributed by atoms with Gasteiger partial charge >= 0.3 is 12.1 Å². The summed E-state index contributed by atoms with van der Waals surface area (Å²) in [4.78, 5) is 35.0. The Hall–Kier alpha value is -2.64. The van der Waals surface area contributed by atoms with Crippen molar-refractivity contribution in [2.75, 3.05) is 6.61 Å². The second-order valence-electron chi connectivity index (χ2n) is 11.9. The second-order valence-corrected chi connectivity index (χ2v) is 11.9. The molecule has 0 fully saturated rings. The monoisotopic (exact) mass is 605 g/mol. The molecule has 8 nitrogen and oxygen atoms in total. The number of ether oxygens (including phenoxy) is 3. The average molecular weight is 606 g/mol. The number of esters is 1. The molecule has 0 saturated carbocycles. The fourth-order valence-electron chi connectivity index (χ4n) is 5.25. The summed E-state index contributed by atoms with van der Waals surface area (Å²) in [6.45, 7) is 7.18. The van der Waals surface area contributed by atoms with Crippen LogP contribution in [0.4, 0.5) is 10.5 Å². The van der Waals surface area contributed by atoms with E-state index in [1.807, 2.05) is 0 Å². The highest BCUT2D eigenvalue weighted by Crippen LogP contribution is 2.21. The van der Waals surface area contributed by atoms with Crippen molar-refractivity contribution >= 4 is 17.8 Å². The van der Waals surface area contributed by atoms with E-state index in [1.54, 1.807) is 0 Å². The van der Waals surface area contributed by atoms with Crippen LogP contribution in [0.3, 0.4) is 0 Å². The maximum atomic E-state index is 12.4. The number of rotatable bonds is 27. The minimum Gasteiger partial charge on any atom is -0.465 e. The number of nitro benzene ring substituents is 1. The summed E-state index contributed by atoms with van der Waals surface area (Å²) in [6.07, 6.45) is 21.3. The molecule has 1 rings (SSSR count). The van der Waals surface area contributed by atoms with E-state index < -0.39 is 11.1 Å². The topological polar surface area (TPSA) is 105 Å². The highest BCUT2D eigenvalue weighted by atomic mass is 16.7. The highest BCUT2D eigenvalue weighted by Gasteiger charge is 2.17. The molecule has 0 aliphatic heterocycles. The van der Waals surface area contributed by atoms with Crippen LogP contribution >= 0.6 is 0 Å². The maximum Gasteiger partial charge on any atom is 0.514 e. The van der Waals surface area contributed by atoms with Crippen LogP contribution in [0, 0.1) is 16.0 Å². The molecule has 0 saturated heterocycles. The SMILES string of the molecule is CCCCCCC(CCCC)COC(=O)CCCCCCCCC(CCCCCC)OC(=O)Oc1ccc([N+](=O)[O-])cc1. The van der Waals surface area contributed by atoms with Gasteiger partial charge in [-0.1, -0.05) is 104 Å². The molecule has 8 heteroatoms. The molecule has 1 aromatic rings. The standard InChI is InChI=1S/C35H59NO7/c1-4-7-10-16-21-30(20-9-6-3)29-41-34(37)24-19-15-13-12-14-18-23-32(22-17-11-8-5-2)42-35(38)43-33-27-25-31(26-28-33)36(39)40/h25-28,30,32H,4-24,29H2,1-3H3. The number of carbonyl (C=O) groups excluding carboxylic acids is 2. The smallest absolute Gasteiger partial charge is 0.465 e. The van der Waals surface area contributed by atoms with Gasteiger partial charge in [-0.2, -0.15) is 0 Å². The first-order valence-electron chi connectivity index (χ1n) is 17.2. The summed E-state index contributed by atoms with van der Waals surface area (Å²) >= 11 is 0. The zero-order valence-electron chi connectivity index (χ0n) is 27.3. The molecule has 2 atom stereocenters. The van der Waals surface area contributed by atoms with Gasteiger partial charge in [-0.25, -0.2) is 4.79 Å². The van der Waals surface area contributed by atoms with Gasteiger partial charge in [0.2, 0.25) is 0 Å². The summed E-state index contributed by atoms with van der Waals surface area (Å²) < 4.78 is 16.5. The van der Waals surface area contributed by atoms with E-state index in [1.165, 1.54) is 69.2 Å². The van der Waals surface area contributed by atoms with E-state index in [2.05, 4.69) is 20.8 Å². The molecular weight excluding hydrogens is 546 g/mol. The molecule has 246 valence electrons. The fourth-order valence-corrected chi connectivity index (χ4v) is 5.25. The molecule has 0 N–H and O–H groups in total. The molecule has 0 spiro atoms. The minimum atomic E-state index is -0.769. The van der Waals surface area contributed by atoms with E-state index in [9.17, 15) is 19.7 Å². The van der Waals surface area contributed by atoms with Crippen molar-refractivity contribution in [2.45, 2.75) is 162 Å². The molecule has 2 unspecified atom stereocenters. The van der Waals surface area contributed by atoms with Crippen molar-refractivity contribution in [2.24, 2.45) is 5.92 Å². The van der Waals surface area contributed by atoms with E-state index in [0.29, 0.717) is 18.9 Å². The Labute approximate surface area is 260 Å². The highest BCUT2D eigenvalue weighted by molar-refractivity contribution is 5.69. The van der Waals surface area contributed by atoms with Crippen LogP contribution in [0.1, 0.15) is 156 Å². The normalized spacial score (nSPS) is 12.4. The summed E-state index contributed by atoms with van der Waals surface area (Å²) in [5, 5.41) is 10.8. The zero-order valence-corrected chi connectivity index (χ0v) is 27.3. The van der Waals surface area contributed by atoms with Crippen LogP contribution in [-0.2, 0) is 14.3 Å². The first-order valence-corrected chi connectivity index (χ1v) is 17.2. The third kappa shape index (κ3) is 20.8. The van der Waals surface area contributed by atoms with Crippen LogP contribution in [0.2, 0.25) is 0 Å². The van der Waals surface area contributed by atoms with Gasteiger partial charge in [-0.05, 0) is 63.0 Å². The molecule has 0 bridgehead atoms. The fraction of sp³-hybridized carbons (Fsp3) is 0.771. The Balaban J connectivity index is 2.27. The largest absolute Gasteiger partial charge is 0.514 e. The average Bonchev–Trinajstić information content (AvgIpc) is 2.99. The Bertz CT molecular complexity index is 858. The summed E-state index contributed by atoms with van der Waals surface area (Å²) in [5.74, 6) is 0.672. The van der Waals surface area contributed by atoms with Gasteiger partial charge < -0.3 is 14.2 Å². The van der Waals surface area contributed by atoms with E-state index in [-0.39, 0.29) is 23.5 Å². The third-order valence-electron chi connectivity index (χ3n) is 7.96. The zero-order chi connectivity index (χ0) is 31.5. The summed E-state index contributed by atoms with van der Waals surface area (Å²) in [7, 11) is 0. The van der Waals surface area contributed by atoms with Crippen molar-refractivity contribution < 1.29 is 28.7 Å². The van der Waals surface area contributed by atoms with Gasteiger partial charge in [-0.3, -0.25) is 14.9 Å². The quantitative estimate of drug-likeness (QED) is 0.0323. The lowest BCUT2D eigenvalue weighted by molar-refractivity contribution is -0.384. The molecule has 0 aliphatic carbocycles. The van der Waals surface area contributed by atoms with Crippen molar-refractivity contribution in [3.63, 3.8) is 0 Å². The lowest BCUT2D eigenvalue weighted by Gasteiger charge is -2.17. The van der Waals surface area contributed by atoms with E-state index in [4.69, 9.17) is 14.2 Å². The van der Waals surface area contributed by atoms with Crippen molar-refractivity contribution in [1.82, 2.24) is 0 Å². The van der Waals surface area contributed by atoms with E-state index in [0.717, 1.165) is 83.5 Å². The first-order chi connectivity index (χ1) is 20.9. The summed E-state index contributed by atoms with van der Waals surface area (Å²) in [5.41, 5.74) is -0.0612. The number of non-ortho nitro benzene ring substituents is 1. The van der Waals surface area contributed by atoms with Crippen LogP contribution < -0.4 is 4.74 Å². The van der Waals surface area contributed by atoms with Crippen LogP contribution in [-0.4, -0.2) is 29.8 Å². The Morgan fingerprint density at radius 3 is 1.79 bits per heavy atom. The number of unbranched alkanes of at least 4 members (excludes halogenated alkanes) is 12. The molecule has 0 aliphatic rings. The van der Waals surface area contributed by atoms with Gasteiger partial charge in [-0.15, -0.1) is 0 Å². The van der Waals surface area contributed by atoms with Crippen LogP contribution in [0.25, 0.3) is 0 Å². The molecule has 0 aromatic heterocycles. The predicted molar refractivity (Wildman–Crippen MR) is 172 cm³/mol. The lowest BCUT2D eigenvalue weighted by atomic mass is 9.96. The van der Waals surface area contributed by atoms with E-state index >= 15 is 0 Å². The van der Waals surface area contributed by atoms with Gasteiger partial charge in [0, 0.05) is 18.6 Å². The van der Waals surface area contributed by atoms with Gasteiger partial charge in [0.15, 0.2) is 0 Å². The maximum absolute atomic E-state index is 12.4. The van der Waals surface area contributed by atoms with Gasteiger partial charge in [0.25, 0.3) is 5.69 Å². The molecule has 0 amide bonds. The summed E-state index contributed by atoms with van der Waals surface area (Å²) in [6, 6.07) is 5.40. The van der Waals surface area contributed by atoms with Gasteiger partial charge in [0.05, 0.1) is 11.5 Å². The van der Waals surface area contributed by atoms with Gasteiger partial charge in [0.1, 0.15) is 11.9 Å². The number of nitro groups is 1. The molecule has 0 heterocycles. The number of benzene rings is 1. The number of hydrogen-bond acceptors (Lipinski definition) is 7. The second kappa shape index (κ2) is 25.8. The first kappa shape index (κ1) is 38.4. The Morgan fingerprint density at radius 1 is 0.698 bits per heavy atom. The molecule has 0 radical (unpaired) electrons. The van der Waals surface area contributed by atoms with Crippen LogP contribution in [0.15, 0.2) is 24.3 Å². The number of carbonyl (C=O) groups is 2. The third-order valence-corrected chi connectivity index (χ3v) is 7.96. The molecular formula is C35H59NO7. The van der Waals surface area contributed by atoms with Crippen molar-refractivity contribution in [3.05, 3.63) is 34.4 Å². The number of hydrogen-bond donors (Lipinski definition) is 0. The van der Waals surface area contributed by atoms with Crippen LogP contribution in [0.5, 0.6) is 5.75 Å². The lowest BCUT2D eigenvalue weighted by Crippen LogP contribution is -2.21. The van der Waals surface area contributed by atoms with Crippen molar-refractivity contribution in [1.29, 1.82) is 0 Å². The minimum absolute atomic E-state index is 0.0567.